The lowest BCUT2D eigenvalue weighted by molar-refractivity contribution is -0.142. The van der Waals surface area contributed by atoms with Gasteiger partial charge in [-0.3, -0.25) is 9.59 Å². The minimum absolute atomic E-state index is 0.0334. The fourth-order valence-electron chi connectivity index (χ4n) is 3.40. The number of aliphatic carboxylic acids is 1. The third kappa shape index (κ3) is 5.57. The first-order valence-electron chi connectivity index (χ1n) is 9.69. The molecule has 0 spiro atoms. The number of carbonyl (C=O) groups excluding carboxylic acids is 2. The van der Waals surface area contributed by atoms with Crippen LogP contribution in [0.4, 0.5) is 5.69 Å². The van der Waals surface area contributed by atoms with Crippen LogP contribution in [0.2, 0.25) is 0 Å². The van der Waals surface area contributed by atoms with E-state index >= 15 is 0 Å². The molecule has 0 aromatic heterocycles. The average molecular weight is 395 g/mol. The first-order valence-corrected chi connectivity index (χ1v) is 9.69. The molecule has 1 heterocycles. The number of anilines is 1. The molecule has 2 aromatic carbocycles. The maximum Gasteiger partial charge on any atom is 0.330 e. The third-order valence-electron chi connectivity index (χ3n) is 5.00. The van der Waals surface area contributed by atoms with Gasteiger partial charge in [-0.2, -0.15) is 0 Å². The lowest BCUT2D eigenvalue weighted by Crippen LogP contribution is -2.49. The second-order valence-corrected chi connectivity index (χ2v) is 6.95. The molecule has 2 amide bonds. The molecule has 152 valence electrons. The molecule has 7 nitrogen and oxygen atoms in total. The molecule has 29 heavy (non-hydrogen) atoms. The summed E-state index contributed by atoms with van der Waals surface area (Å²) >= 11 is 0. The number of carbonyl (C=O) groups is 3. The lowest BCUT2D eigenvalue weighted by Gasteiger charge is -2.36. The summed E-state index contributed by atoms with van der Waals surface area (Å²) in [6.07, 6.45) is 0.0344. The highest BCUT2D eigenvalue weighted by atomic mass is 16.4. The molecule has 7 heteroatoms. The minimum atomic E-state index is -1.13. The molecular formula is C22H25N3O4. The number of para-hydroxylation sites is 1. The highest BCUT2D eigenvalue weighted by Crippen LogP contribution is 2.16. The Balaban J connectivity index is 1.45. The number of benzene rings is 2. The number of rotatable bonds is 7. The van der Waals surface area contributed by atoms with E-state index in [0.29, 0.717) is 18.7 Å². The Kier molecular flexibility index (Phi) is 6.84. The monoisotopic (exact) mass is 395 g/mol. The predicted octanol–water partition coefficient (Wildman–Crippen LogP) is 2.06. The Morgan fingerprint density at radius 2 is 1.45 bits per heavy atom. The molecule has 1 aliphatic rings. The van der Waals surface area contributed by atoms with E-state index in [0.717, 1.165) is 18.8 Å². The number of nitrogens with zero attached hydrogens (tertiary/aromatic N) is 2. The van der Waals surface area contributed by atoms with Crippen LogP contribution in [0, 0.1) is 0 Å². The van der Waals surface area contributed by atoms with Crippen LogP contribution >= 0.6 is 0 Å². The summed E-state index contributed by atoms with van der Waals surface area (Å²) in [7, 11) is 0. The highest BCUT2D eigenvalue weighted by Gasteiger charge is 2.24. The molecule has 1 saturated heterocycles. The van der Waals surface area contributed by atoms with Crippen LogP contribution in [0.3, 0.4) is 0 Å². The van der Waals surface area contributed by atoms with Gasteiger partial charge in [0.15, 0.2) is 6.04 Å². The molecule has 1 fully saturated rings. The van der Waals surface area contributed by atoms with E-state index in [1.165, 1.54) is 0 Å². The van der Waals surface area contributed by atoms with Crippen LogP contribution in [0.1, 0.15) is 24.4 Å². The molecule has 2 N–H and O–H groups in total. The van der Waals surface area contributed by atoms with Gasteiger partial charge in [-0.05, 0) is 17.7 Å². The van der Waals surface area contributed by atoms with Crippen LogP contribution in [0.5, 0.6) is 0 Å². The number of carboxylic acid groups (broad SMARTS) is 1. The zero-order valence-corrected chi connectivity index (χ0v) is 16.2. The Hall–Kier alpha value is -3.35. The van der Waals surface area contributed by atoms with Gasteiger partial charge >= 0.3 is 5.97 Å². The number of hydrogen-bond donors (Lipinski definition) is 2. The summed E-state index contributed by atoms with van der Waals surface area (Å²) in [6.45, 7) is 2.71. The number of nitrogens with one attached hydrogen (secondary N) is 1. The van der Waals surface area contributed by atoms with E-state index in [2.05, 4.69) is 10.2 Å². The van der Waals surface area contributed by atoms with Crippen LogP contribution in [0.25, 0.3) is 0 Å². The quantitative estimate of drug-likeness (QED) is 0.749. The molecule has 2 aromatic rings. The maximum atomic E-state index is 12.4. The average Bonchev–Trinajstić information content (AvgIpc) is 2.77. The summed E-state index contributed by atoms with van der Waals surface area (Å²) in [5.41, 5.74) is 1.64. The van der Waals surface area contributed by atoms with E-state index < -0.39 is 17.9 Å². The molecular weight excluding hydrogens is 370 g/mol. The fraction of sp³-hybridized carbons (Fsp3) is 0.318. The fourth-order valence-corrected chi connectivity index (χ4v) is 3.40. The molecule has 0 saturated carbocycles. The van der Waals surface area contributed by atoms with Crippen molar-refractivity contribution in [2.24, 2.45) is 0 Å². The van der Waals surface area contributed by atoms with E-state index in [4.69, 9.17) is 0 Å². The first-order chi connectivity index (χ1) is 14.0. The van der Waals surface area contributed by atoms with Crippen LogP contribution in [-0.4, -0.2) is 54.0 Å². The number of amides is 2. The van der Waals surface area contributed by atoms with Gasteiger partial charge < -0.3 is 20.2 Å². The molecule has 0 bridgehead atoms. The Morgan fingerprint density at radius 3 is 2.03 bits per heavy atom. The second-order valence-electron chi connectivity index (χ2n) is 6.95. The predicted molar refractivity (Wildman–Crippen MR) is 109 cm³/mol. The van der Waals surface area contributed by atoms with Gasteiger partial charge in [0.05, 0.1) is 0 Å². The largest absolute Gasteiger partial charge is 0.479 e. The topological polar surface area (TPSA) is 90.0 Å². The van der Waals surface area contributed by atoms with E-state index in [1.807, 2.05) is 30.3 Å². The molecule has 1 atom stereocenters. The van der Waals surface area contributed by atoms with Gasteiger partial charge in [-0.25, -0.2) is 4.79 Å². The molecule has 0 unspecified atom stereocenters. The van der Waals surface area contributed by atoms with Gasteiger partial charge in [0, 0.05) is 44.7 Å². The summed E-state index contributed by atoms with van der Waals surface area (Å²) in [4.78, 5) is 40.1. The molecule has 3 rings (SSSR count). The van der Waals surface area contributed by atoms with E-state index in [1.54, 1.807) is 35.2 Å². The van der Waals surface area contributed by atoms with Crippen molar-refractivity contribution in [2.75, 3.05) is 31.1 Å². The third-order valence-corrected chi connectivity index (χ3v) is 5.00. The van der Waals surface area contributed by atoms with Crippen molar-refractivity contribution in [3.63, 3.8) is 0 Å². The normalized spacial score (nSPS) is 14.9. The van der Waals surface area contributed by atoms with Crippen molar-refractivity contribution in [3.8, 4) is 0 Å². The molecule has 1 aliphatic heterocycles. The Labute approximate surface area is 169 Å². The first kappa shape index (κ1) is 20.4. The van der Waals surface area contributed by atoms with E-state index in [9.17, 15) is 19.5 Å². The van der Waals surface area contributed by atoms with Gasteiger partial charge in [0.2, 0.25) is 11.8 Å². The van der Waals surface area contributed by atoms with Crippen molar-refractivity contribution in [2.45, 2.75) is 18.9 Å². The maximum absolute atomic E-state index is 12.4. The Bertz CT molecular complexity index is 834. The molecule has 0 radical (unpaired) electrons. The number of carboxylic acids is 1. The van der Waals surface area contributed by atoms with Crippen molar-refractivity contribution < 1.29 is 19.5 Å². The zero-order chi connectivity index (χ0) is 20.6. The SMILES string of the molecule is O=C(CCC(=O)N1CCN(c2ccccc2)CC1)N[C@H](C(=O)O)c1ccccc1. The smallest absolute Gasteiger partial charge is 0.330 e. The van der Waals surface area contributed by atoms with Gasteiger partial charge in [-0.15, -0.1) is 0 Å². The van der Waals surface area contributed by atoms with Crippen molar-refractivity contribution in [1.82, 2.24) is 10.2 Å². The van der Waals surface area contributed by atoms with Crippen LogP contribution in [0.15, 0.2) is 60.7 Å². The molecule has 0 aliphatic carbocycles. The van der Waals surface area contributed by atoms with Crippen molar-refractivity contribution in [3.05, 3.63) is 66.2 Å². The summed E-state index contributed by atoms with van der Waals surface area (Å²) < 4.78 is 0. The Morgan fingerprint density at radius 1 is 0.862 bits per heavy atom. The van der Waals surface area contributed by atoms with Gasteiger partial charge in [0.1, 0.15) is 0 Å². The highest BCUT2D eigenvalue weighted by molar-refractivity contribution is 5.87. The summed E-state index contributed by atoms with van der Waals surface area (Å²) in [6, 6.07) is 17.4. The zero-order valence-electron chi connectivity index (χ0n) is 16.2. The van der Waals surface area contributed by atoms with Crippen LogP contribution < -0.4 is 10.2 Å². The summed E-state index contributed by atoms with van der Waals surface area (Å²) in [5.74, 6) is -1.66. The minimum Gasteiger partial charge on any atom is -0.479 e. The number of piperazine rings is 1. The van der Waals surface area contributed by atoms with Gasteiger partial charge in [0.25, 0.3) is 0 Å². The van der Waals surface area contributed by atoms with Crippen molar-refractivity contribution in [1.29, 1.82) is 0 Å². The summed E-state index contributed by atoms with van der Waals surface area (Å²) in [5, 5.41) is 11.9. The number of hydrogen-bond acceptors (Lipinski definition) is 4. The van der Waals surface area contributed by atoms with Crippen molar-refractivity contribution >= 4 is 23.5 Å². The standard InChI is InChI=1S/C22H25N3O4/c26-19(23-21(22(28)29)17-7-3-1-4-8-17)11-12-20(27)25-15-13-24(14-16-25)18-9-5-2-6-10-18/h1-10,21H,11-16H2,(H,23,26)(H,28,29)/t21-/m0/s1. The second kappa shape index (κ2) is 9.73. The van der Waals surface area contributed by atoms with Crippen LogP contribution in [-0.2, 0) is 14.4 Å². The van der Waals surface area contributed by atoms with Gasteiger partial charge in [-0.1, -0.05) is 48.5 Å². The van der Waals surface area contributed by atoms with E-state index in [-0.39, 0.29) is 18.7 Å². The lowest BCUT2D eigenvalue weighted by atomic mass is 10.1.